The minimum atomic E-state index is -2.40. The van der Waals surface area contributed by atoms with Gasteiger partial charge in [0, 0.05) is 23.4 Å². The highest BCUT2D eigenvalue weighted by Crippen LogP contribution is 2.21. The first-order valence-electron chi connectivity index (χ1n) is 8.41. The van der Waals surface area contributed by atoms with E-state index in [1.165, 1.54) is 30.5 Å². The van der Waals surface area contributed by atoms with Crippen LogP contribution in [0.3, 0.4) is 0 Å². The number of ketones is 1. The van der Waals surface area contributed by atoms with Gasteiger partial charge in [-0.05, 0) is 48.7 Å². The lowest BCUT2D eigenvalue weighted by Gasteiger charge is -2.10. The molecule has 0 saturated heterocycles. The van der Waals surface area contributed by atoms with Crippen molar-refractivity contribution in [2.45, 2.75) is 12.8 Å². The van der Waals surface area contributed by atoms with Crippen LogP contribution in [0.15, 0.2) is 36.5 Å². The summed E-state index contributed by atoms with van der Waals surface area (Å²) >= 11 is -2.40. The third kappa shape index (κ3) is 4.83. The van der Waals surface area contributed by atoms with Crippen molar-refractivity contribution in [1.29, 1.82) is 5.26 Å². The topological polar surface area (TPSA) is 119 Å². The van der Waals surface area contributed by atoms with Crippen molar-refractivity contribution in [1.82, 2.24) is 14.7 Å². The fraction of sp³-hybridized carbons (Fsp3) is 0.158. The van der Waals surface area contributed by atoms with Crippen LogP contribution in [0.5, 0.6) is 0 Å². The van der Waals surface area contributed by atoms with E-state index in [4.69, 9.17) is 5.26 Å². The van der Waals surface area contributed by atoms with Crippen molar-refractivity contribution < 1.29 is 22.3 Å². The Balaban J connectivity index is 1.90. The molecule has 0 saturated carbocycles. The van der Waals surface area contributed by atoms with Gasteiger partial charge in [0.2, 0.25) is 0 Å². The van der Waals surface area contributed by atoms with Gasteiger partial charge in [-0.15, -0.1) is 0 Å². The summed E-state index contributed by atoms with van der Waals surface area (Å²) < 4.78 is 51.4. The number of carbonyl (C=O) groups is 1. The summed E-state index contributed by atoms with van der Waals surface area (Å²) in [5.41, 5.74) is 0.782. The molecule has 0 amide bonds. The van der Waals surface area contributed by atoms with Crippen LogP contribution in [0.1, 0.15) is 33.6 Å². The Hall–Kier alpha value is -3.13. The fourth-order valence-corrected chi connectivity index (χ4v) is 3.08. The summed E-state index contributed by atoms with van der Waals surface area (Å²) in [7, 11) is 0. The van der Waals surface area contributed by atoms with Crippen LogP contribution in [-0.2, 0) is 17.7 Å². The smallest absolute Gasteiger partial charge is 0.196 e. The molecular weight excluding hydrogens is 402 g/mol. The van der Waals surface area contributed by atoms with E-state index in [-0.39, 0.29) is 29.7 Å². The molecule has 1 atom stereocenters. The van der Waals surface area contributed by atoms with E-state index in [1.54, 1.807) is 0 Å². The molecule has 10 heteroatoms. The number of carbonyl (C=O) groups excluding carboxylic acids is 1. The van der Waals surface area contributed by atoms with Crippen molar-refractivity contribution in [2.75, 3.05) is 6.54 Å². The molecular formula is C19H13F2N4O3S-. The van der Waals surface area contributed by atoms with Gasteiger partial charge in [-0.2, -0.15) is 5.26 Å². The number of fused-ring (bicyclic) bond motifs is 1. The van der Waals surface area contributed by atoms with Gasteiger partial charge in [0.1, 0.15) is 6.07 Å². The van der Waals surface area contributed by atoms with E-state index in [1.807, 2.05) is 6.07 Å². The number of nitrogens with one attached hydrogen (secondary N) is 1. The van der Waals surface area contributed by atoms with E-state index in [0.717, 1.165) is 6.07 Å². The highest BCUT2D eigenvalue weighted by Gasteiger charge is 2.19. The first kappa shape index (κ1) is 20.6. The molecule has 1 N–H and O–H groups in total. The number of nitriles is 1. The molecule has 0 radical (unpaired) electrons. The Kier molecular flexibility index (Phi) is 6.33. The van der Waals surface area contributed by atoms with Crippen LogP contribution in [-0.4, -0.2) is 31.1 Å². The molecule has 148 valence electrons. The van der Waals surface area contributed by atoms with Crippen LogP contribution in [0.4, 0.5) is 8.78 Å². The summed E-state index contributed by atoms with van der Waals surface area (Å²) in [6, 6.07) is 8.35. The summed E-state index contributed by atoms with van der Waals surface area (Å²) in [5.74, 6) is -3.18. The third-order valence-corrected chi connectivity index (χ3v) is 4.55. The number of hydrogen-bond donors (Lipinski definition) is 1. The van der Waals surface area contributed by atoms with E-state index < -0.39 is 34.2 Å². The molecule has 29 heavy (non-hydrogen) atoms. The average Bonchev–Trinajstić information content (AvgIpc) is 2.72. The fourth-order valence-electron chi connectivity index (χ4n) is 2.76. The Labute approximate surface area is 166 Å². The average molecular weight is 415 g/mol. The van der Waals surface area contributed by atoms with E-state index in [2.05, 4.69) is 14.7 Å². The van der Waals surface area contributed by atoms with Crippen LogP contribution in [0, 0.1) is 23.0 Å². The molecule has 7 nitrogen and oxygen atoms in total. The SMILES string of the molecule is N#Cc1cnc2ccc(C(=O)c3cc(CCCNS(=O)[O-])cc(F)c3F)cc2n1. The van der Waals surface area contributed by atoms with Crippen LogP contribution in [0.25, 0.3) is 11.0 Å². The molecule has 3 rings (SSSR count). The Morgan fingerprint density at radius 2 is 2.03 bits per heavy atom. The zero-order valence-electron chi connectivity index (χ0n) is 14.8. The van der Waals surface area contributed by atoms with Crippen molar-refractivity contribution in [3.8, 4) is 6.07 Å². The lowest BCUT2D eigenvalue weighted by Crippen LogP contribution is -2.18. The van der Waals surface area contributed by atoms with E-state index in [0.29, 0.717) is 17.5 Å². The summed E-state index contributed by atoms with van der Waals surface area (Å²) in [4.78, 5) is 20.9. The minimum absolute atomic E-state index is 0.0638. The number of aryl methyl sites for hydroxylation is 1. The number of halogens is 2. The Morgan fingerprint density at radius 1 is 1.24 bits per heavy atom. The third-order valence-electron chi connectivity index (χ3n) is 4.11. The molecule has 1 aromatic heterocycles. The molecule has 0 spiro atoms. The zero-order valence-corrected chi connectivity index (χ0v) is 15.6. The van der Waals surface area contributed by atoms with Gasteiger partial charge in [-0.3, -0.25) is 14.0 Å². The van der Waals surface area contributed by atoms with Crippen molar-refractivity contribution >= 4 is 28.1 Å². The number of hydrogen-bond acceptors (Lipinski definition) is 6. The summed E-state index contributed by atoms with van der Waals surface area (Å²) in [5, 5.41) is 8.92. The van der Waals surface area contributed by atoms with E-state index in [9.17, 15) is 22.3 Å². The predicted octanol–water partition coefficient (Wildman–Crippen LogP) is 2.33. The van der Waals surface area contributed by atoms with Crippen molar-refractivity contribution in [3.05, 3.63) is 70.5 Å². The molecule has 3 aromatic rings. The Morgan fingerprint density at radius 3 is 2.76 bits per heavy atom. The van der Waals surface area contributed by atoms with E-state index >= 15 is 0 Å². The maximum atomic E-state index is 14.3. The van der Waals surface area contributed by atoms with Crippen LogP contribution >= 0.6 is 0 Å². The van der Waals surface area contributed by atoms with Crippen molar-refractivity contribution in [2.24, 2.45) is 0 Å². The lowest BCUT2D eigenvalue weighted by atomic mass is 9.98. The normalized spacial score (nSPS) is 11.9. The van der Waals surface area contributed by atoms with Gasteiger partial charge < -0.3 is 4.55 Å². The van der Waals surface area contributed by atoms with Crippen LogP contribution < -0.4 is 4.72 Å². The van der Waals surface area contributed by atoms with Crippen molar-refractivity contribution in [3.63, 3.8) is 0 Å². The standard InChI is InChI=1S/C19H14F2N4O3S/c20-15-7-11(2-1-5-24-29(27)28)6-14(18(15)21)19(26)12-3-4-16-17(8-12)25-13(9-22)10-23-16/h3-4,6-8,10,24H,1-2,5H2,(H,27,28)/p-1. The Bertz CT molecular complexity index is 1160. The van der Waals surface area contributed by atoms with Gasteiger partial charge in [-0.25, -0.2) is 18.5 Å². The predicted molar refractivity (Wildman–Crippen MR) is 99.3 cm³/mol. The highest BCUT2D eigenvalue weighted by atomic mass is 32.2. The largest absolute Gasteiger partial charge is 0.760 e. The maximum Gasteiger partial charge on any atom is 0.196 e. The maximum absolute atomic E-state index is 14.3. The molecule has 0 aliphatic carbocycles. The van der Waals surface area contributed by atoms with Gasteiger partial charge >= 0.3 is 0 Å². The molecule has 0 fully saturated rings. The first-order chi connectivity index (χ1) is 13.9. The molecule has 1 heterocycles. The molecule has 1 unspecified atom stereocenters. The molecule has 0 aliphatic rings. The second-order valence-electron chi connectivity index (χ2n) is 6.07. The monoisotopic (exact) mass is 415 g/mol. The first-order valence-corrected chi connectivity index (χ1v) is 9.49. The zero-order chi connectivity index (χ0) is 21.0. The molecule has 0 bridgehead atoms. The van der Waals surface area contributed by atoms with Gasteiger partial charge in [-0.1, -0.05) is 0 Å². The number of benzene rings is 2. The highest BCUT2D eigenvalue weighted by molar-refractivity contribution is 7.77. The number of rotatable bonds is 7. The quantitative estimate of drug-likeness (QED) is 0.359. The number of aromatic nitrogens is 2. The minimum Gasteiger partial charge on any atom is -0.760 e. The second-order valence-corrected chi connectivity index (χ2v) is 6.83. The van der Waals surface area contributed by atoms with Gasteiger partial charge in [0.25, 0.3) is 0 Å². The number of nitrogens with zero attached hydrogens (tertiary/aromatic N) is 3. The lowest BCUT2D eigenvalue weighted by molar-refractivity contribution is 0.103. The molecule has 2 aromatic carbocycles. The summed E-state index contributed by atoms with van der Waals surface area (Å²) in [6.45, 7) is 0.128. The van der Waals surface area contributed by atoms with Gasteiger partial charge in [0.05, 0.1) is 22.8 Å². The second kappa shape index (κ2) is 8.91. The summed E-state index contributed by atoms with van der Waals surface area (Å²) in [6.07, 6.45) is 1.88. The molecule has 0 aliphatic heterocycles. The van der Waals surface area contributed by atoms with Crippen LogP contribution in [0.2, 0.25) is 0 Å². The van der Waals surface area contributed by atoms with Gasteiger partial charge in [0.15, 0.2) is 23.1 Å².